The third kappa shape index (κ3) is 6.30. The maximum Gasteiger partial charge on any atom is 0.262 e. The van der Waals surface area contributed by atoms with Gasteiger partial charge in [0.25, 0.3) is 5.56 Å². The van der Waals surface area contributed by atoms with Crippen molar-refractivity contribution in [2.24, 2.45) is 0 Å². The van der Waals surface area contributed by atoms with Crippen LogP contribution in [0.4, 0.5) is 0 Å². The Morgan fingerprint density at radius 1 is 1.39 bits per heavy atom. The number of methoxy groups -OCH3 is 1. The van der Waals surface area contributed by atoms with Crippen molar-refractivity contribution in [2.45, 2.75) is 37.2 Å². The van der Waals surface area contributed by atoms with Crippen LogP contribution in [-0.2, 0) is 20.8 Å². The molecule has 1 atom stereocenters. The van der Waals surface area contributed by atoms with Crippen LogP contribution in [0, 0.1) is 0 Å². The number of nitrogens with one attached hydrogen (secondary N) is 1. The molecule has 0 aliphatic rings. The van der Waals surface area contributed by atoms with Crippen molar-refractivity contribution in [3.8, 4) is 0 Å². The van der Waals surface area contributed by atoms with Gasteiger partial charge in [-0.15, -0.1) is 0 Å². The molecule has 9 heteroatoms. The van der Waals surface area contributed by atoms with E-state index in [9.17, 15) is 9.59 Å². The molecule has 2 aromatic rings. The zero-order valence-electron chi connectivity index (χ0n) is 16.4. The second-order valence-corrected chi connectivity index (χ2v) is 8.33. The van der Waals surface area contributed by atoms with E-state index in [1.54, 1.807) is 30.7 Å². The molecule has 28 heavy (non-hydrogen) atoms. The predicted molar refractivity (Wildman–Crippen MR) is 115 cm³/mol. The Labute approximate surface area is 177 Å². The van der Waals surface area contributed by atoms with E-state index >= 15 is 0 Å². The van der Waals surface area contributed by atoms with Crippen LogP contribution in [0.3, 0.4) is 0 Å². The third-order valence-corrected chi connectivity index (χ3v) is 5.60. The van der Waals surface area contributed by atoms with Gasteiger partial charge in [0.1, 0.15) is 0 Å². The van der Waals surface area contributed by atoms with Gasteiger partial charge in [0.15, 0.2) is 5.16 Å². The van der Waals surface area contributed by atoms with Crippen molar-refractivity contribution < 1.29 is 14.3 Å². The molecule has 0 bridgehead atoms. The molecule has 0 radical (unpaired) electrons. The normalized spacial score (nSPS) is 12.3. The summed E-state index contributed by atoms with van der Waals surface area (Å²) in [5, 5.41) is 3.55. The molecule has 0 saturated heterocycles. The number of nitrogens with zero attached hydrogens (tertiary/aromatic N) is 2. The summed E-state index contributed by atoms with van der Waals surface area (Å²) in [6.45, 7) is 6.35. The first-order chi connectivity index (χ1) is 13.5. The molecule has 0 aliphatic heterocycles. The highest BCUT2D eigenvalue weighted by atomic mass is 79.9. The second kappa shape index (κ2) is 11.5. The molecule has 1 aromatic carbocycles. The quantitative estimate of drug-likeness (QED) is 0.308. The second-order valence-electron chi connectivity index (χ2n) is 6.11. The van der Waals surface area contributed by atoms with Gasteiger partial charge in [-0.2, -0.15) is 0 Å². The van der Waals surface area contributed by atoms with Crippen LogP contribution >= 0.6 is 27.7 Å². The summed E-state index contributed by atoms with van der Waals surface area (Å²) in [7, 11) is 1.58. The lowest BCUT2D eigenvalue weighted by molar-refractivity contribution is -0.120. The summed E-state index contributed by atoms with van der Waals surface area (Å²) < 4.78 is 12.8. The van der Waals surface area contributed by atoms with Crippen molar-refractivity contribution in [3.05, 3.63) is 33.0 Å². The molecule has 1 unspecified atom stereocenters. The Morgan fingerprint density at radius 3 is 2.89 bits per heavy atom. The summed E-state index contributed by atoms with van der Waals surface area (Å²) in [4.78, 5) is 30.0. The first-order valence-electron chi connectivity index (χ1n) is 9.19. The van der Waals surface area contributed by atoms with Crippen LogP contribution in [0.5, 0.6) is 0 Å². The number of ether oxygens (including phenoxy) is 2. The van der Waals surface area contributed by atoms with Gasteiger partial charge in [0.05, 0.1) is 29.3 Å². The number of amides is 1. The Hall–Kier alpha value is -1.42. The molecule has 1 N–H and O–H groups in total. The van der Waals surface area contributed by atoms with Crippen LogP contribution in [0.1, 0.15) is 20.3 Å². The maximum atomic E-state index is 12.9. The van der Waals surface area contributed by atoms with E-state index in [2.05, 4.69) is 26.2 Å². The largest absolute Gasteiger partial charge is 0.383 e. The predicted octanol–water partition coefficient (Wildman–Crippen LogP) is 2.83. The van der Waals surface area contributed by atoms with E-state index in [0.29, 0.717) is 49.0 Å². The Bertz CT molecular complexity index is 859. The van der Waals surface area contributed by atoms with Crippen molar-refractivity contribution >= 4 is 44.5 Å². The zero-order chi connectivity index (χ0) is 20.5. The lowest BCUT2D eigenvalue weighted by Gasteiger charge is -2.16. The van der Waals surface area contributed by atoms with Gasteiger partial charge in [-0.3, -0.25) is 14.2 Å². The van der Waals surface area contributed by atoms with Crippen molar-refractivity contribution in [3.63, 3.8) is 0 Å². The molecule has 0 fully saturated rings. The minimum absolute atomic E-state index is 0.0926. The molecule has 1 heterocycles. The fourth-order valence-electron chi connectivity index (χ4n) is 2.53. The van der Waals surface area contributed by atoms with Crippen LogP contribution in [-0.4, -0.2) is 54.2 Å². The van der Waals surface area contributed by atoms with E-state index in [4.69, 9.17) is 9.47 Å². The van der Waals surface area contributed by atoms with E-state index in [-0.39, 0.29) is 16.7 Å². The molecule has 2 rings (SSSR count). The van der Waals surface area contributed by atoms with Crippen LogP contribution in [0.2, 0.25) is 0 Å². The first-order valence-corrected chi connectivity index (χ1v) is 10.9. The van der Waals surface area contributed by atoms with Crippen molar-refractivity contribution in [1.29, 1.82) is 0 Å². The van der Waals surface area contributed by atoms with Crippen molar-refractivity contribution in [1.82, 2.24) is 14.9 Å². The number of halogens is 1. The molecular weight excluding hydrogens is 446 g/mol. The summed E-state index contributed by atoms with van der Waals surface area (Å²) in [5.74, 6) is -0.0926. The molecule has 1 aromatic heterocycles. The highest BCUT2D eigenvalue weighted by Gasteiger charge is 2.19. The van der Waals surface area contributed by atoms with Crippen LogP contribution < -0.4 is 10.9 Å². The van der Waals surface area contributed by atoms with Gasteiger partial charge >= 0.3 is 0 Å². The van der Waals surface area contributed by atoms with E-state index in [1.807, 2.05) is 13.0 Å². The van der Waals surface area contributed by atoms with Crippen LogP contribution in [0.25, 0.3) is 10.9 Å². The number of thioether (sulfide) groups is 1. The molecule has 154 valence electrons. The van der Waals surface area contributed by atoms with Gasteiger partial charge in [0.2, 0.25) is 5.91 Å². The fraction of sp³-hybridized carbons (Fsp3) is 0.526. The summed E-state index contributed by atoms with van der Waals surface area (Å²) >= 11 is 4.67. The monoisotopic (exact) mass is 471 g/mol. The number of hydrogen-bond donors (Lipinski definition) is 1. The molecule has 0 aliphatic carbocycles. The Kier molecular flexibility index (Phi) is 9.43. The van der Waals surface area contributed by atoms with Crippen molar-refractivity contribution in [2.75, 3.05) is 33.5 Å². The van der Waals surface area contributed by atoms with E-state index in [0.717, 1.165) is 10.9 Å². The number of rotatable bonds is 11. The Balaban J connectivity index is 2.18. The first kappa shape index (κ1) is 22.9. The molecular formula is C19H26BrN3O4S. The molecule has 1 amide bonds. The lowest BCUT2D eigenvalue weighted by atomic mass is 10.2. The van der Waals surface area contributed by atoms with E-state index in [1.165, 1.54) is 11.8 Å². The number of aromatic nitrogens is 2. The maximum absolute atomic E-state index is 12.9. The number of carbonyl (C=O) groups is 1. The minimum atomic E-state index is -0.388. The standard InChI is InChI=1S/C19H26BrN3O4S/c1-4-27-10-5-8-21-17(24)13(2)28-19-22-16-7-6-14(20)12-15(16)18(25)23(19)9-11-26-3/h6-7,12-13H,4-5,8-11H2,1-3H3,(H,21,24). The van der Waals surface area contributed by atoms with Crippen LogP contribution in [0.15, 0.2) is 32.6 Å². The highest BCUT2D eigenvalue weighted by Crippen LogP contribution is 2.24. The van der Waals surface area contributed by atoms with E-state index < -0.39 is 0 Å². The smallest absolute Gasteiger partial charge is 0.262 e. The summed E-state index contributed by atoms with van der Waals surface area (Å²) in [6, 6.07) is 5.40. The van der Waals surface area contributed by atoms with Gasteiger partial charge in [0, 0.05) is 31.3 Å². The molecule has 0 spiro atoms. The average molecular weight is 472 g/mol. The number of carbonyl (C=O) groups excluding carboxylic acids is 1. The minimum Gasteiger partial charge on any atom is -0.383 e. The van der Waals surface area contributed by atoms with Gasteiger partial charge < -0.3 is 14.8 Å². The van der Waals surface area contributed by atoms with Gasteiger partial charge in [-0.25, -0.2) is 4.98 Å². The zero-order valence-corrected chi connectivity index (χ0v) is 18.8. The molecule has 7 nitrogen and oxygen atoms in total. The molecule has 0 saturated carbocycles. The number of fused-ring (bicyclic) bond motifs is 1. The highest BCUT2D eigenvalue weighted by molar-refractivity contribution is 9.10. The van der Waals surface area contributed by atoms with Gasteiger partial charge in [-0.1, -0.05) is 27.7 Å². The topological polar surface area (TPSA) is 82.5 Å². The summed E-state index contributed by atoms with van der Waals surface area (Å²) in [6.07, 6.45) is 0.763. The Morgan fingerprint density at radius 2 is 2.18 bits per heavy atom. The number of benzene rings is 1. The van der Waals surface area contributed by atoms with Gasteiger partial charge in [-0.05, 0) is 38.5 Å². The fourth-order valence-corrected chi connectivity index (χ4v) is 3.85. The third-order valence-electron chi connectivity index (χ3n) is 4.02. The summed E-state index contributed by atoms with van der Waals surface area (Å²) in [5.41, 5.74) is 0.462. The SMILES string of the molecule is CCOCCCNC(=O)C(C)Sc1nc2ccc(Br)cc2c(=O)n1CCOC. The lowest BCUT2D eigenvalue weighted by Crippen LogP contribution is -2.33. The average Bonchev–Trinajstić information content (AvgIpc) is 2.68. The number of hydrogen-bond acceptors (Lipinski definition) is 6.